The highest BCUT2D eigenvalue weighted by molar-refractivity contribution is 5.67. The van der Waals surface area contributed by atoms with E-state index in [9.17, 15) is 4.79 Å². The lowest BCUT2D eigenvalue weighted by molar-refractivity contribution is 0.138. The Morgan fingerprint density at radius 3 is 1.93 bits per heavy atom. The highest BCUT2D eigenvalue weighted by Gasteiger charge is 2.21. The fourth-order valence-corrected chi connectivity index (χ4v) is 3.24. The van der Waals surface area contributed by atoms with Gasteiger partial charge in [-0.05, 0) is 22.6 Å². The largest absolute Gasteiger partial charge is 0.445 e. The second kappa shape index (κ2) is 9.58. The Labute approximate surface area is 161 Å². The van der Waals surface area contributed by atoms with E-state index >= 15 is 0 Å². The number of hydrogen-bond acceptors (Lipinski definition) is 2. The molecule has 0 aliphatic heterocycles. The Balaban J connectivity index is 1.64. The summed E-state index contributed by atoms with van der Waals surface area (Å²) in [5.41, 5.74) is 3.44. The van der Waals surface area contributed by atoms with Gasteiger partial charge in [0.2, 0.25) is 0 Å². The first kappa shape index (κ1) is 18.7. The molecule has 0 heterocycles. The Bertz CT molecular complexity index is 819. The first-order valence-corrected chi connectivity index (χ1v) is 9.28. The van der Waals surface area contributed by atoms with Crippen molar-refractivity contribution in [3.05, 3.63) is 108 Å². The Morgan fingerprint density at radius 1 is 0.815 bits per heavy atom. The van der Waals surface area contributed by atoms with Crippen LogP contribution in [0, 0.1) is 0 Å². The van der Waals surface area contributed by atoms with E-state index in [0.717, 1.165) is 5.56 Å². The molecule has 3 heteroatoms. The fraction of sp³-hybridized carbons (Fsp3) is 0.208. The second-order valence-corrected chi connectivity index (χ2v) is 6.66. The smallest absolute Gasteiger partial charge is 0.407 e. The summed E-state index contributed by atoms with van der Waals surface area (Å²) in [7, 11) is 0. The van der Waals surface area contributed by atoms with E-state index in [4.69, 9.17) is 4.74 Å². The molecule has 0 bridgehead atoms. The third-order valence-corrected chi connectivity index (χ3v) is 4.84. The van der Waals surface area contributed by atoms with E-state index in [2.05, 4.69) is 48.6 Å². The van der Waals surface area contributed by atoms with E-state index in [1.54, 1.807) is 0 Å². The van der Waals surface area contributed by atoms with E-state index in [0.29, 0.717) is 6.54 Å². The number of hydrogen-bond donors (Lipinski definition) is 1. The second-order valence-electron chi connectivity index (χ2n) is 6.66. The average molecular weight is 359 g/mol. The van der Waals surface area contributed by atoms with Gasteiger partial charge >= 0.3 is 6.09 Å². The van der Waals surface area contributed by atoms with E-state index < -0.39 is 0 Å². The summed E-state index contributed by atoms with van der Waals surface area (Å²) in [5, 5.41) is 2.94. The van der Waals surface area contributed by atoms with Gasteiger partial charge < -0.3 is 10.1 Å². The number of amides is 1. The number of ether oxygens (including phenoxy) is 1. The molecule has 0 saturated carbocycles. The third kappa shape index (κ3) is 5.45. The minimum absolute atomic E-state index is 0.165. The van der Waals surface area contributed by atoms with E-state index in [-0.39, 0.29) is 24.5 Å². The van der Waals surface area contributed by atoms with Gasteiger partial charge in [0.05, 0.1) is 0 Å². The maximum absolute atomic E-state index is 12.2. The zero-order chi connectivity index (χ0) is 18.9. The summed E-state index contributed by atoms with van der Waals surface area (Å²) in [6.45, 7) is 2.99. The zero-order valence-corrected chi connectivity index (χ0v) is 15.5. The van der Waals surface area contributed by atoms with Crippen LogP contribution in [-0.4, -0.2) is 12.6 Å². The predicted octanol–water partition coefficient (Wildman–Crippen LogP) is 5.50. The van der Waals surface area contributed by atoms with Gasteiger partial charge in [-0.2, -0.15) is 0 Å². The van der Waals surface area contributed by atoms with Crippen LogP contribution in [0.1, 0.15) is 35.4 Å². The summed E-state index contributed by atoms with van der Waals surface area (Å²) < 4.78 is 5.35. The molecule has 0 aliphatic rings. The first-order valence-electron chi connectivity index (χ1n) is 9.28. The van der Waals surface area contributed by atoms with Crippen LogP contribution in [0.15, 0.2) is 91.0 Å². The number of carbonyl (C=O) groups is 1. The van der Waals surface area contributed by atoms with Crippen molar-refractivity contribution in [2.75, 3.05) is 6.54 Å². The van der Waals surface area contributed by atoms with E-state index in [1.807, 2.05) is 54.6 Å². The van der Waals surface area contributed by atoms with Crippen LogP contribution >= 0.6 is 0 Å². The van der Waals surface area contributed by atoms with Crippen LogP contribution < -0.4 is 5.32 Å². The highest BCUT2D eigenvalue weighted by Crippen LogP contribution is 2.32. The van der Waals surface area contributed by atoms with Crippen LogP contribution in [0.3, 0.4) is 0 Å². The maximum Gasteiger partial charge on any atom is 0.407 e. The van der Waals surface area contributed by atoms with Crippen LogP contribution in [0.2, 0.25) is 0 Å². The summed E-state index contributed by atoms with van der Waals surface area (Å²) in [6, 6.07) is 30.4. The fourth-order valence-electron chi connectivity index (χ4n) is 3.24. The number of alkyl carbamates (subject to hydrolysis) is 1. The summed E-state index contributed by atoms with van der Waals surface area (Å²) in [5.74, 6) is 0.431. The van der Waals surface area contributed by atoms with Crippen molar-refractivity contribution in [1.82, 2.24) is 5.32 Å². The normalized spacial score (nSPS) is 12.8. The Morgan fingerprint density at radius 2 is 1.33 bits per heavy atom. The van der Waals surface area contributed by atoms with Crippen LogP contribution in [-0.2, 0) is 11.3 Å². The molecule has 3 rings (SSSR count). The molecule has 0 unspecified atom stereocenters. The van der Waals surface area contributed by atoms with Gasteiger partial charge in [0.15, 0.2) is 0 Å². The molecule has 3 aromatic carbocycles. The van der Waals surface area contributed by atoms with Crippen molar-refractivity contribution in [2.45, 2.75) is 25.4 Å². The summed E-state index contributed by atoms with van der Waals surface area (Å²) in [4.78, 5) is 12.2. The predicted molar refractivity (Wildman–Crippen MR) is 109 cm³/mol. The molecule has 3 nitrogen and oxygen atoms in total. The van der Waals surface area contributed by atoms with E-state index in [1.165, 1.54) is 11.1 Å². The molecule has 0 spiro atoms. The van der Waals surface area contributed by atoms with Gasteiger partial charge in [0.1, 0.15) is 6.61 Å². The first-order chi connectivity index (χ1) is 13.2. The lowest BCUT2D eigenvalue weighted by Gasteiger charge is -2.25. The van der Waals surface area contributed by atoms with Crippen molar-refractivity contribution in [2.24, 2.45) is 0 Å². The Hall–Kier alpha value is -3.07. The molecule has 2 atom stereocenters. The van der Waals surface area contributed by atoms with Gasteiger partial charge in [-0.1, -0.05) is 97.9 Å². The molecule has 0 radical (unpaired) electrons. The maximum atomic E-state index is 12.2. The van der Waals surface area contributed by atoms with Gasteiger partial charge in [-0.15, -0.1) is 0 Å². The molecular formula is C24H25NO2. The standard InChI is InChI=1S/C24H25NO2/c1-19(21-13-7-3-8-14-21)23(22-15-9-4-10-16-22)17-25-24(26)27-18-20-11-5-2-6-12-20/h2-16,19,23H,17-18H2,1H3,(H,25,26)/t19-,23-/m1/s1. The number of rotatable bonds is 7. The lowest BCUT2D eigenvalue weighted by Crippen LogP contribution is -2.30. The average Bonchev–Trinajstić information content (AvgIpc) is 2.74. The molecule has 0 aliphatic carbocycles. The van der Waals surface area contributed by atoms with Crippen molar-refractivity contribution in [1.29, 1.82) is 0 Å². The molecule has 27 heavy (non-hydrogen) atoms. The summed E-state index contributed by atoms with van der Waals surface area (Å²) in [6.07, 6.45) is -0.389. The molecule has 3 aromatic rings. The molecule has 1 amide bonds. The van der Waals surface area contributed by atoms with Crippen LogP contribution in [0.5, 0.6) is 0 Å². The molecule has 1 N–H and O–H groups in total. The van der Waals surface area contributed by atoms with Crippen LogP contribution in [0.4, 0.5) is 4.79 Å². The number of nitrogens with one attached hydrogen (secondary N) is 1. The molecule has 0 saturated heterocycles. The molecule has 138 valence electrons. The minimum Gasteiger partial charge on any atom is -0.445 e. The number of benzene rings is 3. The third-order valence-electron chi connectivity index (χ3n) is 4.84. The van der Waals surface area contributed by atoms with Crippen molar-refractivity contribution in [3.8, 4) is 0 Å². The number of carbonyl (C=O) groups excluding carboxylic acids is 1. The zero-order valence-electron chi connectivity index (χ0n) is 15.5. The van der Waals surface area contributed by atoms with Crippen molar-refractivity contribution in [3.63, 3.8) is 0 Å². The van der Waals surface area contributed by atoms with Gasteiger partial charge in [-0.3, -0.25) is 0 Å². The van der Waals surface area contributed by atoms with Gasteiger partial charge in [0, 0.05) is 12.5 Å². The van der Waals surface area contributed by atoms with Crippen LogP contribution in [0.25, 0.3) is 0 Å². The van der Waals surface area contributed by atoms with Crippen molar-refractivity contribution >= 4 is 6.09 Å². The minimum atomic E-state index is -0.389. The van der Waals surface area contributed by atoms with Gasteiger partial charge in [-0.25, -0.2) is 4.79 Å². The van der Waals surface area contributed by atoms with Crippen molar-refractivity contribution < 1.29 is 9.53 Å². The lowest BCUT2D eigenvalue weighted by atomic mass is 9.82. The SMILES string of the molecule is C[C@H](c1ccccc1)[C@@H](CNC(=O)OCc1ccccc1)c1ccccc1. The quantitative estimate of drug-likeness (QED) is 0.605. The monoisotopic (exact) mass is 359 g/mol. The topological polar surface area (TPSA) is 38.3 Å². The highest BCUT2D eigenvalue weighted by atomic mass is 16.5. The molecule has 0 aromatic heterocycles. The molecular weight excluding hydrogens is 334 g/mol. The van der Waals surface area contributed by atoms with Gasteiger partial charge in [0.25, 0.3) is 0 Å². The summed E-state index contributed by atoms with van der Waals surface area (Å²) >= 11 is 0. The Kier molecular flexibility index (Phi) is 6.64. The molecule has 0 fully saturated rings.